The van der Waals surface area contributed by atoms with Crippen LogP contribution in [0.25, 0.3) is 0 Å². The number of nitrogens with zero attached hydrogens (tertiary/aromatic N) is 1. The van der Waals surface area contributed by atoms with Crippen molar-refractivity contribution in [1.82, 2.24) is 4.90 Å². The Morgan fingerprint density at radius 3 is 1.53 bits per heavy atom. The summed E-state index contributed by atoms with van der Waals surface area (Å²) in [6.07, 6.45) is -0.407. The molecule has 3 nitrogen and oxygen atoms in total. The molecule has 2 unspecified atom stereocenters. The average Bonchev–Trinajstić information content (AvgIpc) is 2.89. The molecule has 0 saturated carbocycles. The van der Waals surface area contributed by atoms with E-state index in [0.29, 0.717) is 19.5 Å². The number of amides is 1. The molecule has 1 amide bonds. The third-order valence-corrected chi connectivity index (χ3v) is 6.95. The molecule has 4 aromatic carbocycles. The van der Waals surface area contributed by atoms with Gasteiger partial charge in [0.15, 0.2) is 0 Å². The van der Waals surface area contributed by atoms with Crippen LogP contribution in [0.1, 0.15) is 16.7 Å². The van der Waals surface area contributed by atoms with Crippen molar-refractivity contribution < 1.29 is 9.90 Å². The highest BCUT2D eigenvalue weighted by Gasteiger charge is 2.32. The predicted molar refractivity (Wildman–Crippen MR) is 139 cm³/mol. The van der Waals surface area contributed by atoms with Crippen LogP contribution in [-0.2, 0) is 24.3 Å². The first kappa shape index (κ1) is 23.8. The third-order valence-electron chi connectivity index (χ3n) is 5.63. The number of carbonyl (C=O) groups is 1. The molecule has 2 atom stereocenters. The molecule has 4 aromatic rings. The topological polar surface area (TPSA) is 40.5 Å². The highest BCUT2D eigenvalue weighted by Crippen LogP contribution is 2.29. The summed E-state index contributed by atoms with van der Waals surface area (Å²) < 4.78 is 0. The lowest BCUT2D eigenvalue weighted by molar-refractivity contribution is -0.133. The highest BCUT2D eigenvalue weighted by atomic mass is 32.2. The summed E-state index contributed by atoms with van der Waals surface area (Å²) in [5, 5.41) is 10.7. The fourth-order valence-corrected chi connectivity index (χ4v) is 5.01. The van der Waals surface area contributed by atoms with Crippen LogP contribution in [0.4, 0.5) is 0 Å². The molecular weight excluding hydrogens is 438 g/mol. The molecule has 1 N–H and O–H groups in total. The van der Waals surface area contributed by atoms with E-state index in [2.05, 4.69) is 0 Å². The Labute approximate surface area is 206 Å². The van der Waals surface area contributed by atoms with Gasteiger partial charge in [0.2, 0.25) is 5.91 Å². The summed E-state index contributed by atoms with van der Waals surface area (Å²) in [6, 6.07) is 39.7. The van der Waals surface area contributed by atoms with Crippen LogP contribution in [0, 0.1) is 0 Å². The summed E-state index contributed by atoms with van der Waals surface area (Å²) in [5.41, 5.74) is 3.14. The van der Waals surface area contributed by atoms with Crippen molar-refractivity contribution in [3.8, 4) is 0 Å². The summed E-state index contributed by atoms with van der Waals surface area (Å²) in [5.74, 6) is -0.0648. The lowest BCUT2D eigenvalue weighted by Gasteiger charge is -2.30. The predicted octanol–water partition coefficient (Wildman–Crippen LogP) is 5.98. The van der Waals surface area contributed by atoms with E-state index in [1.54, 1.807) is 0 Å². The second kappa shape index (κ2) is 12.2. The molecule has 172 valence electrons. The van der Waals surface area contributed by atoms with Crippen LogP contribution in [-0.4, -0.2) is 27.3 Å². The van der Waals surface area contributed by atoms with Crippen LogP contribution in [0.15, 0.2) is 126 Å². The van der Waals surface area contributed by atoms with E-state index in [-0.39, 0.29) is 5.91 Å². The molecule has 0 bridgehead atoms. The summed E-state index contributed by atoms with van der Waals surface area (Å²) in [7, 11) is 0. The van der Waals surface area contributed by atoms with Gasteiger partial charge in [-0.1, -0.05) is 109 Å². The summed E-state index contributed by atoms with van der Waals surface area (Å²) in [6.45, 7) is 0.969. The van der Waals surface area contributed by atoms with Crippen molar-refractivity contribution in [1.29, 1.82) is 0 Å². The zero-order valence-corrected chi connectivity index (χ0v) is 19.9. The largest absolute Gasteiger partial charge is 0.391 e. The number of benzene rings is 4. The van der Waals surface area contributed by atoms with Crippen molar-refractivity contribution in [2.45, 2.75) is 35.8 Å². The normalized spacial score (nSPS) is 12.6. The average molecular weight is 468 g/mol. The Bertz CT molecular complexity index is 1100. The Morgan fingerprint density at radius 1 is 0.647 bits per heavy atom. The zero-order chi connectivity index (χ0) is 23.6. The van der Waals surface area contributed by atoms with E-state index in [0.717, 1.165) is 21.6 Å². The van der Waals surface area contributed by atoms with Gasteiger partial charge in [-0.05, 0) is 35.2 Å². The maximum Gasteiger partial charge on any atom is 0.239 e. The van der Waals surface area contributed by atoms with Gasteiger partial charge in [-0.15, -0.1) is 11.8 Å². The van der Waals surface area contributed by atoms with Gasteiger partial charge in [0, 0.05) is 18.0 Å². The molecule has 0 spiro atoms. The smallest absolute Gasteiger partial charge is 0.239 e. The molecule has 0 radical (unpaired) electrons. The van der Waals surface area contributed by atoms with Crippen molar-refractivity contribution in [3.63, 3.8) is 0 Å². The van der Waals surface area contributed by atoms with Gasteiger partial charge in [0.1, 0.15) is 5.25 Å². The lowest BCUT2D eigenvalue weighted by Crippen LogP contribution is -2.43. The van der Waals surface area contributed by atoms with E-state index in [9.17, 15) is 9.90 Å². The number of carbonyl (C=O) groups excluding carboxylic acids is 1. The van der Waals surface area contributed by atoms with E-state index in [1.165, 1.54) is 11.8 Å². The van der Waals surface area contributed by atoms with Gasteiger partial charge in [0.05, 0.1) is 6.10 Å². The van der Waals surface area contributed by atoms with Crippen molar-refractivity contribution >= 4 is 17.7 Å². The SMILES string of the molecule is O=C(C(Sc1ccccc1)C(O)Cc1ccccc1)N(Cc1ccccc1)Cc1ccccc1. The van der Waals surface area contributed by atoms with Gasteiger partial charge in [0.25, 0.3) is 0 Å². The monoisotopic (exact) mass is 467 g/mol. The minimum absolute atomic E-state index is 0.0648. The number of hydrogen-bond donors (Lipinski definition) is 1. The molecule has 0 heterocycles. The summed E-state index contributed by atoms with van der Waals surface area (Å²) in [4.78, 5) is 16.9. The molecule has 0 aliphatic rings. The van der Waals surface area contributed by atoms with E-state index in [1.807, 2.05) is 126 Å². The maximum absolute atomic E-state index is 14.0. The van der Waals surface area contributed by atoms with Gasteiger partial charge in [-0.3, -0.25) is 4.79 Å². The van der Waals surface area contributed by atoms with Gasteiger partial charge in [-0.2, -0.15) is 0 Å². The molecule has 0 saturated heterocycles. The second-order valence-corrected chi connectivity index (χ2v) is 9.49. The van der Waals surface area contributed by atoms with Crippen molar-refractivity contribution in [2.24, 2.45) is 0 Å². The fraction of sp³-hybridized carbons (Fsp3) is 0.167. The minimum Gasteiger partial charge on any atom is -0.391 e. The molecule has 0 aliphatic heterocycles. The molecule has 0 aliphatic carbocycles. The lowest BCUT2D eigenvalue weighted by atomic mass is 10.0. The Morgan fingerprint density at radius 2 is 1.06 bits per heavy atom. The Hall–Kier alpha value is -3.34. The first-order valence-corrected chi connectivity index (χ1v) is 12.4. The standard InChI is InChI=1S/C30H29NO2S/c32-28(21-24-13-5-1-6-14-24)29(34-27-19-11-4-12-20-27)30(33)31(22-25-15-7-2-8-16-25)23-26-17-9-3-10-18-26/h1-20,28-29,32H,21-23H2. The van der Waals surface area contributed by atoms with Crippen molar-refractivity contribution in [3.05, 3.63) is 138 Å². The van der Waals surface area contributed by atoms with Crippen LogP contribution < -0.4 is 0 Å². The molecule has 4 rings (SSSR count). The minimum atomic E-state index is -0.825. The number of hydrogen-bond acceptors (Lipinski definition) is 3. The van der Waals surface area contributed by atoms with Crippen molar-refractivity contribution in [2.75, 3.05) is 0 Å². The van der Waals surface area contributed by atoms with Crippen LogP contribution >= 0.6 is 11.8 Å². The number of thioether (sulfide) groups is 1. The van der Waals surface area contributed by atoms with Gasteiger partial charge >= 0.3 is 0 Å². The first-order chi connectivity index (χ1) is 16.7. The fourth-order valence-electron chi connectivity index (χ4n) is 3.90. The molecule has 0 aromatic heterocycles. The van der Waals surface area contributed by atoms with Crippen LogP contribution in [0.2, 0.25) is 0 Å². The van der Waals surface area contributed by atoms with Gasteiger partial charge < -0.3 is 10.0 Å². The zero-order valence-electron chi connectivity index (χ0n) is 19.0. The first-order valence-electron chi connectivity index (χ1n) is 11.5. The van der Waals surface area contributed by atoms with Crippen LogP contribution in [0.5, 0.6) is 0 Å². The van der Waals surface area contributed by atoms with E-state index < -0.39 is 11.4 Å². The molecule has 0 fully saturated rings. The third kappa shape index (κ3) is 6.83. The van der Waals surface area contributed by atoms with E-state index in [4.69, 9.17) is 0 Å². The van der Waals surface area contributed by atoms with E-state index >= 15 is 0 Å². The van der Waals surface area contributed by atoms with Crippen LogP contribution in [0.3, 0.4) is 0 Å². The number of aliphatic hydroxyl groups is 1. The second-order valence-electron chi connectivity index (χ2n) is 8.27. The molecular formula is C30H29NO2S. The Balaban J connectivity index is 1.62. The van der Waals surface area contributed by atoms with Gasteiger partial charge in [-0.25, -0.2) is 0 Å². The Kier molecular flexibility index (Phi) is 8.55. The summed E-state index contributed by atoms with van der Waals surface area (Å²) >= 11 is 1.43. The number of rotatable bonds is 10. The maximum atomic E-state index is 14.0. The number of aliphatic hydroxyl groups excluding tert-OH is 1. The molecule has 34 heavy (non-hydrogen) atoms. The molecule has 4 heteroatoms. The quantitative estimate of drug-likeness (QED) is 0.292. The highest BCUT2D eigenvalue weighted by molar-refractivity contribution is 8.00.